The Hall–Kier alpha value is -2.21. The first-order chi connectivity index (χ1) is 11.1. The number of hydrogen-bond acceptors (Lipinski definition) is 4. The molecule has 3 amide bonds. The van der Waals surface area contributed by atoms with E-state index in [4.69, 9.17) is 5.73 Å². The average Bonchev–Trinajstić information content (AvgIpc) is 3.19. The Morgan fingerprint density at radius 2 is 1.74 bits per heavy atom. The van der Waals surface area contributed by atoms with Gasteiger partial charge in [-0.25, -0.2) is 0 Å². The maximum Gasteiger partial charge on any atom is 0.262 e. The summed E-state index contributed by atoms with van der Waals surface area (Å²) < 4.78 is 0. The Morgan fingerprint density at radius 3 is 2.35 bits per heavy atom. The van der Waals surface area contributed by atoms with E-state index < -0.39 is 0 Å². The molecule has 3 aliphatic rings. The first-order valence-electron chi connectivity index (χ1n) is 8.05. The van der Waals surface area contributed by atoms with Gasteiger partial charge in [0.1, 0.15) is 6.54 Å². The molecule has 2 fully saturated rings. The summed E-state index contributed by atoms with van der Waals surface area (Å²) in [5.74, 6) is -0.0940. The van der Waals surface area contributed by atoms with Crippen molar-refractivity contribution in [1.29, 1.82) is 0 Å². The maximum absolute atomic E-state index is 12.5. The van der Waals surface area contributed by atoms with E-state index in [2.05, 4.69) is 0 Å². The van der Waals surface area contributed by atoms with E-state index >= 15 is 0 Å². The maximum atomic E-state index is 12.5. The highest BCUT2D eigenvalue weighted by Gasteiger charge is 2.44. The number of benzene rings is 1. The molecule has 2 heterocycles. The molecule has 2 aliphatic heterocycles. The Kier molecular flexibility index (Phi) is 3.23. The highest BCUT2D eigenvalue weighted by Crippen LogP contribution is 2.37. The second kappa shape index (κ2) is 5.16. The Morgan fingerprint density at radius 1 is 1.09 bits per heavy atom. The molecule has 3 atom stereocenters. The van der Waals surface area contributed by atoms with Crippen LogP contribution in [-0.2, 0) is 4.79 Å². The quantitative estimate of drug-likeness (QED) is 0.805. The zero-order chi connectivity index (χ0) is 16.1. The monoisotopic (exact) mass is 313 g/mol. The fourth-order valence-corrected chi connectivity index (χ4v) is 4.13. The summed E-state index contributed by atoms with van der Waals surface area (Å²) in [5.41, 5.74) is 6.85. The third-order valence-electron chi connectivity index (χ3n) is 5.44. The number of hydrogen-bond donors (Lipinski definition) is 1. The summed E-state index contributed by atoms with van der Waals surface area (Å²) >= 11 is 0. The normalized spacial score (nSPS) is 29.2. The average molecular weight is 313 g/mol. The van der Waals surface area contributed by atoms with E-state index in [1.165, 1.54) is 0 Å². The van der Waals surface area contributed by atoms with Crippen LogP contribution in [0.1, 0.15) is 33.6 Å². The Bertz CT molecular complexity index is 667. The minimum atomic E-state index is -0.380. The van der Waals surface area contributed by atoms with Crippen LogP contribution >= 0.6 is 0 Å². The minimum Gasteiger partial charge on any atom is -0.341 e. The number of fused-ring (bicyclic) bond motifs is 2. The number of amides is 3. The van der Waals surface area contributed by atoms with Crippen LogP contribution in [0.2, 0.25) is 0 Å². The van der Waals surface area contributed by atoms with Crippen LogP contribution in [-0.4, -0.2) is 53.2 Å². The van der Waals surface area contributed by atoms with Gasteiger partial charge in [0.05, 0.1) is 11.1 Å². The molecular formula is C17H19N3O3. The Labute approximate surface area is 134 Å². The molecular weight excluding hydrogens is 294 g/mol. The fourth-order valence-electron chi connectivity index (χ4n) is 4.13. The predicted octanol–water partition coefficient (Wildman–Crippen LogP) is 0.478. The number of rotatable bonds is 2. The highest BCUT2D eigenvalue weighted by atomic mass is 16.2. The van der Waals surface area contributed by atoms with Crippen LogP contribution in [0.5, 0.6) is 0 Å². The molecule has 1 saturated heterocycles. The van der Waals surface area contributed by atoms with Crippen molar-refractivity contribution >= 4 is 17.7 Å². The lowest BCUT2D eigenvalue weighted by Crippen LogP contribution is -2.42. The van der Waals surface area contributed by atoms with E-state index in [1.54, 1.807) is 29.2 Å². The molecule has 0 bridgehead atoms. The molecule has 1 aliphatic carbocycles. The summed E-state index contributed by atoms with van der Waals surface area (Å²) in [6, 6.07) is 6.85. The van der Waals surface area contributed by atoms with Gasteiger partial charge in [0.25, 0.3) is 11.8 Å². The first kappa shape index (κ1) is 14.4. The van der Waals surface area contributed by atoms with Crippen LogP contribution in [0.25, 0.3) is 0 Å². The van der Waals surface area contributed by atoms with Gasteiger partial charge in [0.2, 0.25) is 5.91 Å². The van der Waals surface area contributed by atoms with Gasteiger partial charge in [0.15, 0.2) is 0 Å². The van der Waals surface area contributed by atoms with Crippen LogP contribution < -0.4 is 5.73 Å². The van der Waals surface area contributed by atoms with Crippen molar-refractivity contribution in [2.75, 3.05) is 19.6 Å². The molecule has 2 N–H and O–H groups in total. The number of carbonyl (C=O) groups excluding carboxylic acids is 3. The second-order valence-electron chi connectivity index (χ2n) is 6.71. The SMILES string of the molecule is NC1CCC2CN(C(=O)CN3C(=O)c4ccccc4C3=O)CC12. The van der Waals surface area contributed by atoms with Crippen molar-refractivity contribution in [3.63, 3.8) is 0 Å². The van der Waals surface area contributed by atoms with E-state index in [0.29, 0.717) is 36.1 Å². The molecule has 4 rings (SSSR count). The fraction of sp³-hybridized carbons (Fsp3) is 0.471. The molecule has 6 heteroatoms. The predicted molar refractivity (Wildman–Crippen MR) is 82.6 cm³/mol. The summed E-state index contributed by atoms with van der Waals surface area (Å²) in [4.78, 5) is 40.0. The number of carbonyl (C=O) groups is 3. The Balaban J connectivity index is 1.46. The van der Waals surface area contributed by atoms with E-state index in [-0.39, 0.29) is 30.3 Å². The molecule has 1 aromatic rings. The molecule has 1 saturated carbocycles. The van der Waals surface area contributed by atoms with Crippen LogP contribution in [0.4, 0.5) is 0 Å². The zero-order valence-corrected chi connectivity index (χ0v) is 12.8. The second-order valence-corrected chi connectivity index (χ2v) is 6.71. The topological polar surface area (TPSA) is 83.7 Å². The molecule has 3 unspecified atom stereocenters. The van der Waals surface area contributed by atoms with Gasteiger partial charge < -0.3 is 10.6 Å². The number of imide groups is 1. The molecule has 0 radical (unpaired) electrons. The van der Waals surface area contributed by atoms with Gasteiger partial charge in [-0.1, -0.05) is 12.1 Å². The molecule has 23 heavy (non-hydrogen) atoms. The molecule has 1 aromatic carbocycles. The van der Waals surface area contributed by atoms with Gasteiger partial charge in [-0.3, -0.25) is 19.3 Å². The van der Waals surface area contributed by atoms with Crippen molar-refractivity contribution in [1.82, 2.24) is 9.80 Å². The highest BCUT2D eigenvalue weighted by molar-refractivity contribution is 6.22. The molecule has 120 valence electrons. The van der Waals surface area contributed by atoms with Crippen molar-refractivity contribution in [2.45, 2.75) is 18.9 Å². The van der Waals surface area contributed by atoms with E-state index in [9.17, 15) is 14.4 Å². The summed E-state index contributed by atoms with van der Waals surface area (Å²) in [6.45, 7) is 1.16. The summed E-state index contributed by atoms with van der Waals surface area (Å²) in [7, 11) is 0. The smallest absolute Gasteiger partial charge is 0.262 e. The van der Waals surface area contributed by atoms with Crippen LogP contribution in [0.15, 0.2) is 24.3 Å². The standard InChI is InChI=1S/C17H19N3O3/c18-14-6-5-10-7-19(8-13(10)14)15(21)9-20-16(22)11-3-1-2-4-12(11)17(20)23/h1-4,10,13-14H,5-9,18H2. The third-order valence-corrected chi connectivity index (χ3v) is 5.44. The van der Waals surface area contributed by atoms with Crippen LogP contribution in [0.3, 0.4) is 0 Å². The minimum absolute atomic E-state index is 0.164. The summed E-state index contributed by atoms with van der Waals surface area (Å²) in [6.07, 6.45) is 2.08. The number of nitrogens with two attached hydrogens (primary N) is 1. The van der Waals surface area contributed by atoms with Gasteiger partial charge in [-0.05, 0) is 36.8 Å². The number of nitrogens with zero attached hydrogens (tertiary/aromatic N) is 2. The van der Waals surface area contributed by atoms with Crippen molar-refractivity contribution in [3.05, 3.63) is 35.4 Å². The summed E-state index contributed by atoms with van der Waals surface area (Å²) in [5, 5.41) is 0. The third kappa shape index (κ3) is 2.16. The number of likely N-dealkylation sites (tertiary alicyclic amines) is 1. The van der Waals surface area contributed by atoms with Gasteiger partial charge in [-0.15, -0.1) is 0 Å². The molecule has 6 nitrogen and oxygen atoms in total. The molecule has 0 spiro atoms. The largest absolute Gasteiger partial charge is 0.341 e. The first-order valence-corrected chi connectivity index (χ1v) is 8.05. The van der Waals surface area contributed by atoms with Crippen LogP contribution in [0, 0.1) is 11.8 Å². The lowest BCUT2D eigenvalue weighted by Gasteiger charge is -2.21. The van der Waals surface area contributed by atoms with Crippen molar-refractivity contribution in [3.8, 4) is 0 Å². The molecule has 0 aromatic heterocycles. The van der Waals surface area contributed by atoms with Gasteiger partial charge in [0, 0.05) is 19.1 Å². The lowest BCUT2D eigenvalue weighted by molar-refractivity contribution is -0.130. The van der Waals surface area contributed by atoms with Gasteiger partial charge in [-0.2, -0.15) is 0 Å². The lowest BCUT2D eigenvalue weighted by atomic mass is 9.98. The van der Waals surface area contributed by atoms with E-state index in [1.807, 2.05) is 0 Å². The van der Waals surface area contributed by atoms with Gasteiger partial charge >= 0.3 is 0 Å². The zero-order valence-electron chi connectivity index (χ0n) is 12.8. The van der Waals surface area contributed by atoms with Crippen molar-refractivity contribution in [2.24, 2.45) is 17.6 Å². The van der Waals surface area contributed by atoms with Crippen molar-refractivity contribution < 1.29 is 14.4 Å². The van der Waals surface area contributed by atoms with E-state index in [0.717, 1.165) is 17.7 Å².